The molecule has 1 N–H and O–H groups in total. The third kappa shape index (κ3) is 2.79. The summed E-state index contributed by atoms with van der Waals surface area (Å²) in [5.41, 5.74) is 1.02. The predicted octanol–water partition coefficient (Wildman–Crippen LogP) is 3.12. The first-order chi connectivity index (χ1) is 13.1. The van der Waals surface area contributed by atoms with Gasteiger partial charge in [0.25, 0.3) is 0 Å². The van der Waals surface area contributed by atoms with Crippen LogP contribution < -0.4 is 4.90 Å². The summed E-state index contributed by atoms with van der Waals surface area (Å²) < 4.78 is 1.83. The largest absolute Gasteiger partial charge is 0.383 e. The lowest BCUT2D eigenvalue weighted by Gasteiger charge is -2.25. The third-order valence-electron chi connectivity index (χ3n) is 6.17. The number of β-amino-alcohol motifs (C(OH)–C–C–N with tert-alkyl or cyclic N) is 1. The van der Waals surface area contributed by atoms with E-state index in [4.69, 9.17) is 9.97 Å². The van der Waals surface area contributed by atoms with Gasteiger partial charge < -0.3 is 10.0 Å². The van der Waals surface area contributed by atoms with E-state index >= 15 is 0 Å². The van der Waals surface area contributed by atoms with Crippen LogP contribution >= 0.6 is 0 Å². The van der Waals surface area contributed by atoms with Crippen molar-refractivity contribution in [3.63, 3.8) is 0 Å². The van der Waals surface area contributed by atoms with Crippen LogP contribution in [0.15, 0.2) is 36.5 Å². The van der Waals surface area contributed by atoms with E-state index in [1.807, 2.05) is 48.3 Å². The zero-order valence-electron chi connectivity index (χ0n) is 15.7. The number of fused-ring (bicyclic) bond motifs is 1. The van der Waals surface area contributed by atoms with Gasteiger partial charge in [0.15, 0.2) is 5.65 Å². The lowest BCUT2D eigenvalue weighted by Crippen LogP contribution is -2.31. The van der Waals surface area contributed by atoms with E-state index in [9.17, 15) is 5.11 Å². The van der Waals surface area contributed by atoms with Gasteiger partial charge in [-0.15, -0.1) is 0 Å². The van der Waals surface area contributed by atoms with Crippen LogP contribution in [-0.4, -0.2) is 37.9 Å². The summed E-state index contributed by atoms with van der Waals surface area (Å²) in [5, 5.41) is 16.6. The maximum Gasteiger partial charge on any atom is 0.163 e. The first kappa shape index (κ1) is 16.7. The number of anilines is 1. The first-order valence-electron chi connectivity index (χ1n) is 9.86. The molecule has 5 rings (SSSR count). The molecule has 3 aromatic rings. The van der Waals surface area contributed by atoms with Gasteiger partial charge in [0.2, 0.25) is 0 Å². The Labute approximate surface area is 158 Å². The Morgan fingerprint density at radius 1 is 1.11 bits per heavy atom. The smallest absolute Gasteiger partial charge is 0.163 e. The number of aryl methyl sites for hydroxylation is 1. The minimum absolute atomic E-state index is 0.443. The molecule has 0 amide bonds. The Balaban J connectivity index is 1.55. The van der Waals surface area contributed by atoms with Gasteiger partial charge in [-0.25, -0.2) is 9.97 Å². The second-order valence-corrected chi connectivity index (χ2v) is 7.96. The summed E-state index contributed by atoms with van der Waals surface area (Å²) in [7, 11) is 1.93. The zero-order chi connectivity index (χ0) is 18.4. The summed E-state index contributed by atoms with van der Waals surface area (Å²) in [6, 6.07) is 9.97. The quantitative estimate of drug-likeness (QED) is 0.774. The second-order valence-electron chi connectivity index (χ2n) is 7.96. The van der Waals surface area contributed by atoms with Gasteiger partial charge in [0.1, 0.15) is 17.2 Å². The van der Waals surface area contributed by atoms with Gasteiger partial charge in [-0.1, -0.05) is 43.2 Å². The minimum Gasteiger partial charge on any atom is -0.383 e. The molecule has 0 bridgehead atoms. The normalized spacial score (nSPS) is 23.6. The van der Waals surface area contributed by atoms with Crippen molar-refractivity contribution in [2.24, 2.45) is 7.05 Å². The van der Waals surface area contributed by atoms with Gasteiger partial charge in [-0.2, -0.15) is 5.10 Å². The van der Waals surface area contributed by atoms with E-state index in [0.29, 0.717) is 18.9 Å². The summed E-state index contributed by atoms with van der Waals surface area (Å²) >= 11 is 0. The maximum atomic E-state index is 11.2. The van der Waals surface area contributed by atoms with Crippen LogP contribution in [0, 0.1) is 0 Å². The van der Waals surface area contributed by atoms with E-state index < -0.39 is 5.60 Å². The highest BCUT2D eigenvalue weighted by Gasteiger charge is 2.39. The Kier molecular flexibility index (Phi) is 3.90. The molecule has 6 heteroatoms. The predicted molar refractivity (Wildman–Crippen MR) is 105 cm³/mol. The molecule has 1 aliphatic carbocycles. The highest BCUT2D eigenvalue weighted by atomic mass is 16.3. The highest BCUT2D eigenvalue weighted by molar-refractivity contribution is 5.87. The van der Waals surface area contributed by atoms with Crippen LogP contribution in [0.25, 0.3) is 11.0 Å². The fourth-order valence-corrected chi connectivity index (χ4v) is 4.59. The first-order valence-corrected chi connectivity index (χ1v) is 9.86. The van der Waals surface area contributed by atoms with Gasteiger partial charge >= 0.3 is 0 Å². The van der Waals surface area contributed by atoms with Crippen molar-refractivity contribution in [1.29, 1.82) is 0 Å². The van der Waals surface area contributed by atoms with Crippen molar-refractivity contribution >= 4 is 16.9 Å². The molecular weight excluding hydrogens is 338 g/mol. The van der Waals surface area contributed by atoms with E-state index in [1.54, 1.807) is 0 Å². The van der Waals surface area contributed by atoms with Crippen molar-refractivity contribution in [2.75, 3.05) is 18.0 Å². The molecule has 2 fully saturated rings. The van der Waals surface area contributed by atoms with Crippen molar-refractivity contribution in [3.8, 4) is 0 Å². The lowest BCUT2D eigenvalue weighted by molar-refractivity contribution is 0.0606. The van der Waals surface area contributed by atoms with Gasteiger partial charge in [0, 0.05) is 19.5 Å². The SMILES string of the molecule is Cn1ncc2c(N3CCC(O)(c4ccccc4)C3)nc(C3CCCC3)nc21. The number of benzene rings is 1. The standard InChI is InChI=1S/C21H25N5O/c1-25-19-17(13-22-25)20(24-18(23-19)15-7-5-6-8-15)26-12-11-21(27,14-26)16-9-3-2-4-10-16/h2-4,9-10,13,15,27H,5-8,11-12,14H2,1H3. The summed E-state index contributed by atoms with van der Waals surface area (Å²) in [4.78, 5) is 12.0. The molecule has 27 heavy (non-hydrogen) atoms. The Morgan fingerprint density at radius 3 is 2.67 bits per heavy atom. The molecule has 0 spiro atoms. The van der Waals surface area contributed by atoms with Gasteiger partial charge in [-0.3, -0.25) is 4.68 Å². The Hall–Kier alpha value is -2.47. The van der Waals surface area contributed by atoms with Crippen LogP contribution in [0.5, 0.6) is 0 Å². The second kappa shape index (κ2) is 6.30. The van der Waals surface area contributed by atoms with Crippen molar-refractivity contribution in [1.82, 2.24) is 19.7 Å². The van der Waals surface area contributed by atoms with Crippen LogP contribution in [0.4, 0.5) is 5.82 Å². The van der Waals surface area contributed by atoms with Crippen LogP contribution in [0.1, 0.15) is 49.4 Å². The number of aromatic nitrogens is 4. The average Bonchev–Trinajstić information content (AvgIpc) is 3.43. The number of nitrogens with zero attached hydrogens (tertiary/aromatic N) is 5. The van der Waals surface area contributed by atoms with Crippen LogP contribution in [-0.2, 0) is 12.6 Å². The fraction of sp³-hybridized carbons (Fsp3) is 0.476. The highest BCUT2D eigenvalue weighted by Crippen LogP contribution is 2.38. The lowest BCUT2D eigenvalue weighted by atomic mass is 9.93. The molecule has 6 nitrogen and oxygen atoms in total. The molecule has 1 atom stereocenters. The summed E-state index contributed by atoms with van der Waals surface area (Å²) in [6.07, 6.45) is 7.38. The third-order valence-corrected chi connectivity index (χ3v) is 6.17. The van der Waals surface area contributed by atoms with E-state index in [2.05, 4.69) is 10.00 Å². The molecule has 3 heterocycles. The zero-order valence-corrected chi connectivity index (χ0v) is 15.7. The Bertz CT molecular complexity index is 963. The molecule has 2 aliphatic rings. The molecule has 1 aromatic carbocycles. The van der Waals surface area contributed by atoms with Crippen molar-refractivity contribution in [2.45, 2.75) is 43.6 Å². The number of aliphatic hydroxyl groups is 1. The molecule has 1 aliphatic heterocycles. The molecule has 1 unspecified atom stereocenters. The molecular formula is C21H25N5O. The molecule has 1 saturated carbocycles. The summed E-state index contributed by atoms with van der Waals surface area (Å²) in [5.74, 6) is 2.30. The van der Waals surface area contributed by atoms with E-state index in [0.717, 1.165) is 47.6 Å². The van der Waals surface area contributed by atoms with Crippen LogP contribution in [0.2, 0.25) is 0 Å². The van der Waals surface area contributed by atoms with Gasteiger partial charge in [0.05, 0.1) is 18.1 Å². The summed E-state index contributed by atoms with van der Waals surface area (Å²) in [6.45, 7) is 1.32. The minimum atomic E-state index is -0.839. The number of hydrogen-bond acceptors (Lipinski definition) is 5. The number of rotatable bonds is 3. The van der Waals surface area contributed by atoms with Crippen LogP contribution in [0.3, 0.4) is 0 Å². The van der Waals surface area contributed by atoms with Crippen molar-refractivity contribution < 1.29 is 5.11 Å². The topological polar surface area (TPSA) is 67.1 Å². The Morgan fingerprint density at radius 2 is 1.89 bits per heavy atom. The molecule has 1 saturated heterocycles. The van der Waals surface area contributed by atoms with Crippen molar-refractivity contribution in [3.05, 3.63) is 47.9 Å². The molecule has 0 radical (unpaired) electrons. The molecule has 2 aromatic heterocycles. The van der Waals surface area contributed by atoms with Gasteiger partial charge in [-0.05, 0) is 24.8 Å². The fourth-order valence-electron chi connectivity index (χ4n) is 4.59. The van der Waals surface area contributed by atoms with E-state index in [-0.39, 0.29) is 0 Å². The number of hydrogen-bond donors (Lipinski definition) is 1. The average molecular weight is 363 g/mol. The monoisotopic (exact) mass is 363 g/mol. The molecule has 140 valence electrons. The van der Waals surface area contributed by atoms with E-state index in [1.165, 1.54) is 12.8 Å². The maximum absolute atomic E-state index is 11.2.